The SMILES string of the molecule is Cc1ccc(-c2noc(CN(C)C(C)(C)C(=O)O)n2)cc1. The van der Waals surface area contributed by atoms with E-state index in [0.29, 0.717) is 11.7 Å². The van der Waals surface area contributed by atoms with Crippen LogP contribution in [0.15, 0.2) is 28.8 Å². The number of aromatic nitrogens is 2. The van der Waals surface area contributed by atoms with Gasteiger partial charge >= 0.3 is 5.97 Å². The summed E-state index contributed by atoms with van der Waals surface area (Å²) in [6, 6.07) is 7.81. The van der Waals surface area contributed by atoms with Crippen LogP contribution in [0.4, 0.5) is 0 Å². The van der Waals surface area contributed by atoms with Crippen molar-refractivity contribution in [3.8, 4) is 11.4 Å². The van der Waals surface area contributed by atoms with Gasteiger partial charge in [-0.25, -0.2) is 0 Å². The van der Waals surface area contributed by atoms with Gasteiger partial charge in [0.25, 0.3) is 0 Å². The van der Waals surface area contributed by atoms with E-state index < -0.39 is 11.5 Å². The quantitative estimate of drug-likeness (QED) is 0.910. The molecule has 0 aliphatic heterocycles. The van der Waals surface area contributed by atoms with Gasteiger partial charge in [-0.3, -0.25) is 9.69 Å². The van der Waals surface area contributed by atoms with Gasteiger partial charge < -0.3 is 9.63 Å². The van der Waals surface area contributed by atoms with Gasteiger partial charge in [0.2, 0.25) is 11.7 Å². The molecule has 6 nitrogen and oxygen atoms in total. The predicted molar refractivity (Wildman–Crippen MR) is 77.7 cm³/mol. The molecule has 0 saturated heterocycles. The Hall–Kier alpha value is -2.21. The van der Waals surface area contributed by atoms with Crippen molar-refractivity contribution in [1.29, 1.82) is 0 Å². The molecule has 0 bridgehead atoms. The van der Waals surface area contributed by atoms with Crippen LogP contribution in [0.5, 0.6) is 0 Å². The Morgan fingerprint density at radius 3 is 2.52 bits per heavy atom. The molecule has 0 spiro atoms. The summed E-state index contributed by atoms with van der Waals surface area (Å²) in [6.45, 7) is 5.55. The van der Waals surface area contributed by atoms with Crippen LogP contribution in [0.2, 0.25) is 0 Å². The summed E-state index contributed by atoms with van der Waals surface area (Å²) in [5.41, 5.74) is 1.03. The summed E-state index contributed by atoms with van der Waals surface area (Å²) in [4.78, 5) is 17.2. The first-order valence-corrected chi connectivity index (χ1v) is 6.65. The van der Waals surface area contributed by atoms with E-state index in [2.05, 4.69) is 10.1 Å². The summed E-state index contributed by atoms with van der Waals surface area (Å²) >= 11 is 0. The van der Waals surface area contributed by atoms with Crippen LogP contribution >= 0.6 is 0 Å². The zero-order valence-electron chi connectivity index (χ0n) is 12.6. The minimum atomic E-state index is -1.00. The molecule has 112 valence electrons. The van der Waals surface area contributed by atoms with Crippen LogP contribution in [-0.2, 0) is 11.3 Å². The minimum absolute atomic E-state index is 0.276. The lowest BCUT2D eigenvalue weighted by Gasteiger charge is -2.29. The van der Waals surface area contributed by atoms with E-state index in [4.69, 9.17) is 4.52 Å². The zero-order chi connectivity index (χ0) is 15.6. The fraction of sp³-hybridized carbons (Fsp3) is 0.400. The molecule has 1 aromatic heterocycles. The average Bonchev–Trinajstić information content (AvgIpc) is 2.87. The fourth-order valence-corrected chi connectivity index (χ4v) is 1.70. The van der Waals surface area contributed by atoms with E-state index in [0.717, 1.165) is 11.1 Å². The van der Waals surface area contributed by atoms with E-state index in [9.17, 15) is 9.90 Å². The molecule has 0 fully saturated rings. The topological polar surface area (TPSA) is 79.5 Å². The second-order valence-electron chi connectivity index (χ2n) is 5.60. The maximum atomic E-state index is 11.2. The number of benzene rings is 1. The van der Waals surface area contributed by atoms with Gasteiger partial charge in [-0.15, -0.1) is 0 Å². The Kier molecular flexibility index (Phi) is 4.09. The summed E-state index contributed by atoms with van der Waals surface area (Å²) in [5.74, 6) is -0.00259. The molecular formula is C15H19N3O3. The third-order valence-electron chi connectivity index (χ3n) is 3.63. The highest BCUT2D eigenvalue weighted by Gasteiger charge is 2.32. The maximum absolute atomic E-state index is 11.2. The van der Waals surface area contributed by atoms with Crippen molar-refractivity contribution < 1.29 is 14.4 Å². The highest BCUT2D eigenvalue weighted by Crippen LogP contribution is 2.19. The molecule has 2 rings (SSSR count). The van der Waals surface area contributed by atoms with Crippen LogP contribution in [0.25, 0.3) is 11.4 Å². The second kappa shape index (κ2) is 5.65. The highest BCUT2D eigenvalue weighted by atomic mass is 16.5. The Balaban J connectivity index is 2.14. The van der Waals surface area contributed by atoms with E-state index in [1.165, 1.54) is 0 Å². The molecule has 0 radical (unpaired) electrons. The number of aryl methyl sites for hydroxylation is 1. The van der Waals surface area contributed by atoms with E-state index in [1.54, 1.807) is 25.8 Å². The first kappa shape index (κ1) is 15.2. The summed E-state index contributed by atoms with van der Waals surface area (Å²) in [5, 5.41) is 13.1. The number of carboxylic acid groups (broad SMARTS) is 1. The number of aliphatic carboxylic acids is 1. The molecule has 0 aliphatic rings. The van der Waals surface area contributed by atoms with Crippen molar-refractivity contribution in [2.24, 2.45) is 0 Å². The molecule has 1 aromatic carbocycles. The molecule has 0 unspecified atom stereocenters. The number of nitrogens with zero attached hydrogens (tertiary/aromatic N) is 3. The van der Waals surface area contributed by atoms with Crippen molar-refractivity contribution in [2.45, 2.75) is 32.9 Å². The standard InChI is InChI=1S/C15H19N3O3/c1-10-5-7-11(8-6-10)13-16-12(21-17-13)9-18(4)15(2,3)14(19)20/h5-8H,9H2,1-4H3,(H,19,20). The number of likely N-dealkylation sites (N-methyl/N-ethyl adjacent to an activating group) is 1. The largest absolute Gasteiger partial charge is 0.480 e. The third kappa shape index (κ3) is 3.28. The molecule has 0 amide bonds. The molecule has 6 heteroatoms. The average molecular weight is 289 g/mol. The van der Waals surface area contributed by atoms with Gasteiger partial charge in [-0.2, -0.15) is 4.98 Å². The van der Waals surface area contributed by atoms with E-state index in [1.807, 2.05) is 31.2 Å². The second-order valence-corrected chi connectivity index (χ2v) is 5.60. The van der Waals surface area contributed by atoms with Gasteiger partial charge in [-0.1, -0.05) is 35.0 Å². The smallest absolute Gasteiger partial charge is 0.323 e. The fourth-order valence-electron chi connectivity index (χ4n) is 1.70. The normalized spacial score (nSPS) is 11.9. The Morgan fingerprint density at radius 1 is 1.33 bits per heavy atom. The number of carbonyl (C=O) groups is 1. The molecular weight excluding hydrogens is 270 g/mol. The van der Waals surface area contributed by atoms with Gasteiger partial charge in [-0.05, 0) is 27.8 Å². The first-order chi connectivity index (χ1) is 9.80. The van der Waals surface area contributed by atoms with Crippen LogP contribution < -0.4 is 0 Å². The molecule has 1 heterocycles. The van der Waals surface area contributed by atoms with Gasteiger partial charge in [0.05, 0.1) is 6.54 Å². The Bertz CT molecular complexity index is 632. The lowest BCUT2D eigenvalue weighted by atomic mass is 10.0. The third-order valence-corrected chi connectivity index (χ3v) is 3.63. The van der Waals surface area contributed by atoms with Gasteiger partial charge in [0, 0.05) is 5.56 Å². The molecule has 21 heavy (non-hydrogen) atoms. The minimum Gasteiger partial charge on any atom is -0.480 e. The summed E-state index contributed by atoms with van der Waals surface area (Å²) in [7, 11) is 1.71. The first-order valence-electron chi connectivity index (χ1n) is 6.65. The molecule has 0 atom stereocenters. The number of carboxylic acids is 1. The number of rotatable bonds is 5. The number of hydrogen-bond donors (Lipinski definition) is 1. The van der Waals surface area contributed by atoms with Crippen molar-refractivity contribution in [3.05, 3.63) is 35.7 Å². The van der Waals surface area contributed by atoms with E-state index in [-0.39, 0.29) is 6.54 Å². The van der Waals surface area contributed by atoms with Crippen molar-refractivity contribution in [1.82, 2.24) is 15.0 Å². The molecule has 0 saturated carbocycles. The van der Waals surface area contributed by atoms with Crippen molar-refractivity contribution in [2.75, 3.05) is 7.05 Å². The van der Waals surface area contributed by atoms with Crippen molar-refractivity contribution in [3.63, 3.8) is 0 Å². The highest BCUT2D eigenvalue weighted by molar-refractivity contribution is 5.77. The lowest BCUT2D eigenvalue weighted by Crippen LogP contribution is -2.47. The monoisotopic (exact) mass is 289 g/mol. The van der Waals surface area contributed by atoms with Crippen LogP contribution in [-0.4, -0.2) is 38.7 Å². The van der Waals surface area contributed by atoms with Crippen LogP contribution in [0, 0.1) is 6.92 Å². The maximum Gasteiger partial charge on any atom is 0.323 e. The van der Waals surface area contributed by atoms with Gasteiger partial charge in [0.1, 0.15) is 5.54 Å². The van der Waals surface area contributed by atoms with Crippen LogP contribution in [0.1, 0.15) is 25.3 Å². The predicted octanol–water partition coefficient (Wildman–Crippen LogP) is 2.34. The van der Waals surface area contributed by atoms with Crippen molar-refractivity contribution >= 4 is 5.97 Å². The number of hydrogen-bond acceptors (Lipinski definition) is 5. The molecule has 2 aromatic rings. The van der Waals surface area contributed by atoms with Crippen LogP contribution in [0.3, 0.4) is 0 Å². The van der Waals surface area contributed by atoms with Gasteiger partial charge in [0.15, 0.2) is 0 Å². The summed E-state index contributed by atoms with van der Waals surface area (Å²) < 4.78 is 5.20. The zero-order valence-corrected chi connectivity index (χ0v) is 12.6. The molecule has 0 aliphatic carbocycles. The van der Waals surface area contributed by atoms with E-state index >= 15 is 0 Å². The lowest BCUT2D eigenvalue weighted by molar-refractivity contribution is -0.149. The molecule has 1 N–H and O–H groups in total. The Morgan fingerprint density at radius 2 is 1.95 bits per heavy atom. The summed E-state index contributed by atoms with van der Waals surface area (Å²) in [6.07, 6.45) is 0. The Labute approximate surface area is 123 Å².